The zero-order valence-corrected chi connectivity index (χ0v) is 19.0. The van der Waals surface area contributed by atoms with Crippen LogP contribution in [0.4, 0.5) is 17.1 Å². The van der Waals surface area contributed by atoms with Gasteiger partial charge in [0.25, 0.3) is 11.8 Å². The zero-order chi connectivity index (χ0) is 23.7. The first-order valence-electron chi connectivity index (χ1n) is 10.7. The van der Waals surface area contributed by atoms with Gasteiger partial charge in [-0.2, -0.15) is 0 Å². The highest BCUT2D eigenvalue weighted by Crippen LogP contribution is 2.35. The first-order valence-corrected chi connectivity index (χ1v) is 10.7. The molecule has 0 bridgehead atoms. The lowest BCUT2D eigenvalue weighted by atomic mass is 10.0. The van der Waals surface area contributed by atoms with Crippen LogP contribution in [-0.2, 0) is 14.4 Å². The number of nitrogens with one attached hydrogen (secondary N) is 2. The molecule has 3 aromatic carbocycles. The molecule has 0 unspecified atom stereocenters. The molecule has 0 saturated carbocycles. The monoisotopic (exact) mass is 439 g/mol. The summed E-state index contributed by atoms with van der Waals surface area (Å²) in [7, 11) is 0. The molecule has 0 aromatic heterocycles. The van der Waals surface area contributed by atoms with Crippen molar-refractivity contribution < 1.29 is 14.4 Å². The predicted octanol–water partition coefficient (Wildman–Crippen LogP) is 4.97. The normalized spacial score (nSPS) is 13.5. The molecule has 1 aliphatic rings. The van der Waals surface area contributed by atoms with E-state index in [-0.39, 0.29) is 17.2 Å². The minimum atomic E-state index is -0.409. The Balaban J connectivity index is 1.80. The van der Waals surface area contributed by atoms with Gasteiger partial charge in [0.05, 0.1) is 11.3 Å². The van der Waals surface area contributed by atoms with Crippen LogP contribution in [0.5, 0.6) is 0 Å². The van der Waals surface area contributed by atoms with Crippen molar-refractivity contribution in [2.75, 3.05) is 15.5 Å². The molecule has 0 fully saturated rings. The first-order chi connectivity index (χ1) is 15.7. The maximum atomic E-state index is 13.6. The van der Waals surface area contributed by atoms with Crippen molar-refractivity contribution in [1.82, 2.24) is 0 Å². The lowest BCUT2D eigenvalue weighted by molar-refractivity contribution is -0.120. The number of amides is 3. The lowest BCUT2D eigenvalue weighted by Gasteiger charge is -2.18. The molecule has 33 heavy (non-hydrogen) atoms. The molecule has 0 aliphatic carbocycles. The fraction of sp³-hybridized carbons (Fsp3) is 0.148. The van der Waals surface area contributed by atoms with Crippen molar-refractivity contribution in [3.05, 3.63) is 94.7 Å². The van der Waals surface area contributed by atoms with Gasteiger partial charge in [-0.25, -0.2) is 4.90 Å². The van der Waals surface area contributed by atoms with Crippen LogP contribution in [0.25, 0.3) is 5.57 Å². The van der Waals surface area contributed by atoms with E-state index in [1.807, 2.05) is 57.2 Å². The Bertz CT molecular complexity index is 1290. The highest BCUT2D eigenvalue weighted by molar-refractivity contribution is 6.46. The lowest BCUT2D eigenvalue weighted by Crippen LogP contribution is -2.33. The van der Waals surface area contributed by atoms with Gasteiger partial charge in [0.1, 0.15) is 5.70 Å². The van der Waals surface area contributed by atoms with Gasteiger partial charge in [-0.3, -0.25) is 14.4 Å². The summed E-state index contributed by atoms with van der Waals surface area (Å²) in [5.41, 5.74) is 5.96. The van der Waals surface area contributed by atoms with Gasteiger partial charge in [0, 0.05) is 18.3 Å². The van der Waals surface area contributed by atoms with E-state index < -0.39 is 11.8 Å². The molecule has 0 saturated heterocycles. The van der Waals surface area contributed by atoms with Crippen molar-refractivity contribution in [3.8, 4) is 0 Å². The summed E-state index contributed by atoms with van der Waals surface area (Å²) in [6.45, 7) is 7.27. The average Bonchev–Trinajstić information content (AvgIpc) is 3.00. The third-order valence-corrected chi connectivity index (χ3v) is 5.49. The van der Waals surface area contributed by atoms with Crippen molar-refractivity contribution in [3.63, 3.8) is 0 Å². The molecule has 0 spiro atoms. The summed E-state index contributed by atoms with van der Waals surface area (Å²) < 4.78 is 0. The molecule has 0 radical (unpaired) electrons. The maximum Gasteiger partial charge on any atom is 0.282 e. The summed E-state index contributed by atoms with van der Waals surface area (Å²) in [5.74, 6) is -0.987. The molecular weight excluding hydrogens is 414 g/mol. The second kappa shape index (κ2) is 8.74. The number of carbonyl (C=O) groups excluding carboxylic acids is 3. The minimum Gasteiger partial charge on any atom is -0.350 e. The van der Waals surface area contributed by atoms with E-state index in [2.05, 4.69) is 10.6 Å². The second-order valence-corrected chi connectivity index (χ2v) is 8.24. The number of rotatable bonds is 5. The highest BCUT2D eigenvalue weighted by atomic mass is 16.2. The molecule has 3 aromatic rings. The number of hydrogen-bond acceptors (Lipinski definition) is 4. The van der Waals surface area contributed by atoms with Gasteiger partial charge in [-0.05, 0) is 62.2 Å². The summed E-state index contributed by atoms with van der Waals surface area (Å²) in [4.78, 5) is 39.7. The Hall–Kier alpha value is -4.19. The van der Waals surface area contributed by atoms with Crippen LogP contribution < -0.4 is 15.5 Å². The van der Waals surface area contributed by atoms with Crippen LogP contribution in [0, 0.1) is 20.8 Å². The van der Waals surface area contributed by atoms with Crippen molar-refractivity contribution in [2.24, 2.45) is 0 Å². The third kappa shape index (κ3) is 4.41. The Morgan fingerprint density at radius 2 is 1.36 bits per heavy atom. The first kappa shape index (κ1) is 22.0. The van der Waals surface area contributed by atoms with Gasteiger partial charge in [0.2, 0.25) is 5.91 Å². The molecule has 3 amide bonds. The molecular formula is C27H25N3O3. The smallest absolute Gasteiger partial charge is 0.282 e. The van der Waals surface area contributed by atoms with E-state index in [1.165, 1.54) is 11.8 Å². The van der Waals surface area contributed by atoms with Gasteiger partial charge in [-0.1, -0.05) is 47.5 Å². The van der Waals surface area contributed by atoms with Crippen molar-refractivity contribution in [2.45, 2.75) is 27.7 Å². The fourth-order valence-corrected chi connectivity index (χ4v) is 3.89. The Labute approximate surface area is 192 Å². The predicted molar refractivity (Wildman–Crippen MR) is 131 cm³/mol. The number of nitrogens with zero attached hydrogens (tertiary/aromatic N) is 1. The maximum absolute atomic E-state index is 13.6. The number of anilines is 3. The van der Waals surface area contributed by atoms with E-state index in [1.54, 1.807) is 30.3 Å². The summed E-state index contributed by atoms with van der Waals surface area (Å²) in [6, 6.07) is 20.1. The zero-order valence-electron chi connectivity index (χ0n) is 19.0. The van der Waals surface area contributed by atoms with Crippen LogP contribution in [0.3, 0.4) is 0 Å². The molecule has 0 atom stereocenters. The molecule has 166 valence electrons. The number of benzene rings is 3. The Kier molecular flexibility index (Phi) is 5.84. The van der Waals surface area contributed by atoms with E-state index >= 15 is 0 Å². The highest BCUT2D eigenvalue weighted by Gasteiger charge is 2.40. The topological polar surface area (TPSA) is 78.5 Å². The van der Waals surface area contributed by atoms with Crippen molar-refractivity contribution >= 4 is 40.4 Å². The van der Waals surface area contributed by atoms with Gasteiger partial charge >= 0.3 is 0 Å². The van der Waals surface area contributed by atoms with Gasteiger partial charge in [0.15, 0.2) is 0 Å². The SMILES string of the molecule is CC(=O)Nc1ccc(C2=C(Nc3ccc(C)cc3)C(=O)N(c3ccc(C)cc3C)C2=O)cc1. The number of imide groups is 1. The number of aryl methyl sites for hydroxylation is 3. The van der Waals surface area contributed by atoms with Crippen LogP contribution in [0.15, 0.2) is 72.4 Å². The molecule has 6 nitrogen and oxygen atoms in total. The van der Waals surface area contributed by atoms with Crippen LogP contribution in [0.2, 0.25) is 0 Å². The van der Waals surface area contributed by atoms with Crippen molar-refractivity contribution in [1.29, 1.82) is 0 Å². The summed E-state index contributed by atoms with van der Waals surface area (Å²) in [5, 5.41) is 5.89. The van der Waals surface area contributed by atoms with Crippen LogP contribution in [-0.4, -0.2) is 17.7 Å². The minimum absolute atomic E-state index is 0.183. The van der Waals surface area contributed by atoms with Crippen LogP contribution >= 0.6 is 0 Å². The van der Waals surface area contributed by atoms with Crippen LogP contribution in [0.1, 0.15) is 29.2 Å². The van der Waals surface area contributed by atoms with Gasteiger partial charge < -0.3 is 10.6 Å². The van der Waals surface area contributed by atoms with E-state index in [4.69, 9.17) is 0 Å². The van der Waals surface area contributed by atoms with E-state index in [0.717, 1.165) is 16.7 Å². The number of carbonyl (C=O) groups is 3. The average molecular weight is 440 g/mol. The Morgan fingerprint density at radius 3 is 1.97 bits per heavy atom. The fourth-order valence-electron chi connectivity index (χ4n) is 3.89. The second-order valence-electron chi connectivity index (χ2n) is 8.24. The quantitative estimate of drug-likeness (QED) is 0.551. The van der Waals surface area contributed by atoms with E-state index in [9.17, 15) is 14.4 Å². The summed E-state index contributed by atoms with van der Waals surface area (Å²) in [6.07, 6.45) is 0. The largest absolute Gasteiger partial charge is 0.350 e. The molecule has 1 heterocycles. The number of hydrogen-bond donors (Lipinski definition) is 2. The standard InChI is InChI=1S/C27H25N3O3/c1-16-5-10-22(11-6-16)29-25-24(20-8-12-21(13-9-20)28-19(4)31)26(32)30(27(25)33)23-14-7-17(2)15-18(23)3/h5-15,29H,1-4H3,(H,28,31). The molecule has 1 aliphatic heterocycles. The Morgan fingerprint density at radius 1 is 0.758 bits per heavy atom. The molecule has 6 heteroatoms. The van der Waals surface area contributed by atoms with E-state index in [0.29, 0.717) is 22.6 Å². The molecule has 2 N–H and O–H groups in total. The third-order valence-electron chi connectivity index (χ3n) is 5.49. The molecule has 4 rings (SSSR count). The van der Waals surface area contributed by atoms with Gasteiger partial charge in [-0.15, -0.1) is 0 Å². The summed E-state index contributed by atoms with van der Waals surface area (Å²) >= 11 is 0.